The van der Waals surface area contributed by atoms with Crippen LogP contribution in [0.25, 0.3) is 0 Å². The Bertz CT molecular complexity index is 686. The van der Waals surface area contributed by atoms with E-state index < -0.39 is 23.6 Å². The van der Waals surface area contributed by atoms with E-state index in [2.05, 4.69) is 5.32 Å². The monoisotopic (exact) mass is 335 g/mol. The molecule has 0 spiro atoms. The standard InChI is InChI=1S/C18H19F2NO3/c1-12(8-15-16(19)6-3-7-17(15)20)21-18(23)11-24-14-5-2-4-13(9-14)10-22/h2-7,9,12,22H,8,10-11H2,1H3,(H,21,23)/t12-/m0/s1. The van der Waals surface area contributed by atoms with Crippen molar-refractivity contribution >= 4 is 5.91 Å². The Morgan fingerprint density at radius 1 is 1.21 bits per heavy atom. The Morgan fingerprint density at radius 3 is 2.54 bits per heavy atom. The molecule has 0 heterocycles. The van der Waals surface area contributed by atoms with E-state index in [9.17, 15) is 13.6 Å². The van der Waals surface area contributed by atoms with Gasteiger partial charge in [-0.2, -0.15) is 0 Å². The number of rotatable bonds is 7. The zero-order valence-electron chi connectivity index (χ0n) is 13.3. The summed E-state index contributed by atoms with van der Waals surface area (Å²) in [6.07, 6.45) is 0.0459. The highest BCUT2D eigenvalue weighted by Crippen LogP contribution is 2.15. The van der Waals surface area contributed by atoms with Crippen molar-refractivity contribution in [1.82, 2.24) is 5.32 Å². The minimum Gasteiger partial charge on any atom is -0.484 e. The molecule has 2 aromatic carbocycles. The third kappa shape index (κ3) is 5.03. The van der Waals surface area contributed by atoms with Crippen LogP contribution in [0.5, 0.6) is 5.75 Å². The van der Waals surface area contributed by atoms with Crippen LogP contribution < -0.4 is 10.1 Å². The van der Waals surface area contributed by atoms with Gasteiger partial charge in [0, 0.05) is 11.6 Å². The maximum atomic E-state index is 13.6. The van der Waals surface area contributed by atoms with E-state index in [1.807, 2.05) is 0 Å². The van der Waals surface area contributed by atoms with Gasteiger partial charge in [0.25, 0.3) is 5.91 Å². The summed E-state index contributed by atoms with van der Waals surface area (Å²) in [5.74, 6) is -1.19. The van der Waals surface area contributed by atoms with Crippen LogP contribution in [0.15, 0.2) is 42.5 Å². The predicted octanol–water partition coefficient (Wildman–Crippen LogP) is 2.58. The largest absolute Gasteiger partial charge is 0.484 e. The molecule has 0 aliphatic rings. The summed E-state index contributed by atoms with van der Waals surface area (Å²) in [7, 11) is 0. The van der Waals surface area contributed by atoms with Gasteiger partial charge >= 0.3 is 0 Å². The second-order valence-electron chi connectivity index (χ2n) is 5.47. The van der Waals surface area contributed by atoms with Crippen LogP contribution in [0.1, 0.15) is 18.1 Å². The normalized spacial score (nSPS) is 11.8. The Morgan fingerprint density at radius 2 is 1.88 bits per heavy atom. The number of carbonyl (C=O) groups excluding carboxylic acids is 1. The number of nitrogens with one attached hydrogen (secondary N) is 1. The SMILES string of the molecule is C[C@@H](Cc1c(F)cccc1F)NC(=O)COc1cccc(CO)c1. The van der Waals surface area contributed by atoms with Crippen LogP contribution in [0, 0.1) is 11.6 Å². The molecule has 2 N–H and O–H groups in total. The van der Waals surface area contributed by atoms with Gasteiger partial charge in [0.2, 0.25) is 0 Å². The number of amides is 1. The molecule has 0 bridgehead atoms. The number of hydrogen-bond acceptors (Lipinski definition) is 3. The highest BCUT2D eigenvalue weighted by atomic mass is 19.1. The Hall–Kier alpha value is -2.47. The number of hydrogen-bond donors (Lipinski definition) is 2. The molecule has 1 atom stereocenters. The van der Waals surface area contributed by atoms with E-state index >= 15 is 0 Å². The van der Waals surface area contributed by atoms with E-state index in [4.69, 9.17) is 9.84 Å². The fourth-order valence-corrected chi connectivity index (χ4v) is 2.28. The van der Waals surface area contributed by atoms with Crippen LogP contribution in [0.4, 0.5) is 8.78 Å². The van der Waals surface area contributed by atoms with Crippen molar-refractivity contribution in [1.29, 1.82) is 0 Å². The average molecular weight is 335 g/mol. The number of halogens is 2. The lowest BCUT2D eigenvalue weighted by molar-refractivity contribution is -0.123. The number of aliphatic hydroxyl groups excluding tert-OH is 1. The predicted molar refractivity (Wildman–Crippen MR) is 85.5 cm³/mol. The molecule has 128 valence electrons. The van der Waals surface area contributed by atoms with Crippen molar-refractivity contribution in [3.8, 4) is 5.75 Å². The Labute approximate surface area is 139 Å². The lowest BCUT2D eigenvalue weighted by Gasteiger charge is -2.15. The lowest BCUT2D eigenvalue weighted by Crippen LogP contribution is -2.37. The van der Waals surface area contributed by atoms with Crippen LogP contribution in [0.3, 0.4) is 0 Å². The van der Waals surface area contributed by atoms with Gasteiger partial charge in [-0.15, -0.1) is 0 Å². The first-order chi connectivity index (χ1) is 11.5. The van der Waals surface area contributed by atoms with E-state index in [1.165, 1.54) is 18.2 Å². The van der Waals surface area contributed by atoms with Crippen LogP contribution in [-0.2, 0) is 17.8 Å². The topological polar surface area (TPSA) is 58.6 Å². The first kappa shape index (κ1) is 17.9. The molecule has 0 radical (unpaired) electrons. The molecule has 24 heavy (non-hydrogen) atoms. The summed E-state index contributed by atoms with van der Waals surface area (Å²) in [5, 5.41) is 11.7. The molecule has 0 unspecified atom stereocenters. The number of benzene rings is 2. The second-order valence-corrected chi connectivity index (χ2v) is 5.47. The molecule has 0 aromatic heterocycles. The van der Waals surface area contributed by atoms with E-state index in [1.54, 1.807) is 31.2 Å². The molecule has 0 aliphatic carbocycles. The first-order valence-corrected chi connectivity index (χ1v) is 7.54. The van der Waals surface area contributed by atoms with Crippen LogP contribution in [0.2, 0.25) is 0 Å². The van der Waals surface area contributed by atoms with Crippen molar-refractivity contribution in [3.05, 3.63) is 65.2 Å². The van der Waals surface area contributed by atoms with Crippen molar-refractivity contribution in [2.45, 2.75) is 26.0 Å². The zero-order valence-corrected chi connectivity index (χ0v) is 13.3. The Kier molecular flexibility index (Phi) is 6.26. The van der Waals surface area contributed by atoms with Gasteiger partial charge in [0.05, 0.1) is 6.61 Å². The minimum atomic E-state index is -0.631. The third-order valence-electron chi connectivity index (χ3n) is 3.43. The zero-order chi connectivity index (χ0) is 17.5. The maximum absolute atomic E-state index is 13.6. The Balaban J connectivity index is 1.85. The molecule has 0 saturated carbocycles. The molecule has 2 aromatic rings. The van der Waals surface area contributed by atoms with Gasteiger partial charge in [0.15, 0.2) is 6.61 Å². The lowest BCUT2D eigenvalue weighted by atomic mass is 10.1. The van der Waals surface area contributed by atoms with Gasteiger partial charge in [0.1, 0.15) is 17.4 Å². The van der Waals surface area contributed by atoms with Crippen molar-refractivity contribution in [3.63, 3.8) is 0 Å². The number of ether oxygens (including phenoxy) is 1. The fourth-order valence-electron chi connectivity index (χ4n) is 2.28. The molecule has 1 amide bonds. The summed E-state index contributed by atoms with van der Waals surface area (Å²) >= 11 is 0. The van der Waals surface area contributed by atoms with E-state index in [0.717, 1.165) is 0 Å². The average Bonchev–Trinajstić information content (AvgIpc) is 2.56. The third-order valence-corrected chi connectivity index (χ3v) is 3.43. The summed E-state index contributed by atoms with van der Waals surface area (Å²) in [6.45, 7) is 1.32. The van der Waals surface area contributed by atoms with Crippen molar-refractivity contribution < 1.29 is 23.4 Å². The van der Waals surface area contributed by atoms with Gasteiger partial charge in [-0.1, -0.05) is 18.2 Å². The maximum Gasteiger partial charge on any atom is 0.258 e. The van der Waals surface area contributed by atoms with Gasteiger partial charge in [-0.3, -0.25) is 4.79 Å². The highest BCUT2D eigenvalue weighted by Gasteiger charge is 2.14. The minimum absolute atomic E-state index is 0.0459. The molecule has 0 aliphatic heterocycles. The number of aliphatic hydroxyl groups is 1. The van der Waals surface area contributed by atoms with Crippen LogP contribution in [-0.4, -0.2) is 23.7 Å². The quantitative estimate of drug-likeness (QED) is 0.818. The van der Waals surface area contributed by atoms with Crippen molar-refractivity contribution in [2.75, 3.05) is 6.61 Å². The smallest absolute Gasteiger partial charge is 0.258 e. The van der Waals surface area contributed by atoms with E-state index in [0.29, 0.717) is 11.3 Å². The van der Waals surface area contributed by atoms with Gasteiger partial charge in [-0.25, -0.2) is 8.78 Å². The molecule has 2 rings (SSSR count). The molecule has 4 nitrogen and oxygen atoms in total. The first-order valence-electron chi connectivity index (χ1n) is 7.54. The molecule has 0 fully saturated rings. The molecule has 6 heteroatoms. The van der Waals surface area contributed by atoms with E-state index in [-0.39, 0.29) is 25.2 Å². The van der Waals surface area contributed by atoms with Gasteiger partial charge in [-0.05, 0) is 43.2 Å². The molecular formula is C18H19F2NO3. The molecular weight excluding hydrogens is 316 g/mol. The summed E-state index contributed by atoms with van der Waals surface area (Å²) in [6, 6.07) is 9.97. The van der Waals surface area contributed by atoms with Crippen molar-refractivity contribution in [2.24, 2.45) is 0 Å². The summed E-state index contributed by atoms with van der Waals surface area (Å²) in [4.78, 5) is 11.9. The number of carbonyl (C=O) groups is 1. The highest BCUT2D eigenvalue weighted by molar-refractivity contribution is 5.77. The fraction of sp³-hybridized carbons (Fsp3) is 0.278. The molecule has 0 saturated heterocycles. The van der Waals surface area contributed by atoms with Gasteiger partial charge < -0.3 is 15.2 Å². The summed E-state index contributed by atoms with van der Waals surface area (Å²) < 4.78 is 32.5. The van der Waals surface area contributed by atoms with Crippen LogP contribution >= 0.6 is 0 Å². The second kappa shape index (κ2) is 8.40. The summed E-state index contributed by atoms with van der Waals surface area (Å²) in [5.41, 5.74) is 0.623.